The second kappa shape index (κ2) is 12.1. The standard InChI is InChI=1S/C25H32N2O4.ClH/c28-25(29)22-4-6-23(7-5-22)27-12-10-21(19-27)18-20-2-8-24(9-3-20)31-15-1-11-26-13-16-30-17-14-26;/h2-9,21H,1,10-19H2,(H,28,29);1H. The quantitative estimate of drug-likeness (QED) is 0.571. The van der Waals surface area contributed by atoms with Crippen molar-refractivity contribution < 1.29 is 19.4 Å². The van der Waals surface area contributed by atoms with E-state index in [2.05, 4.69) is 34.1 Å². The van der Waals surface area contributed by atoms with Gasteiger partial charge in [-0.2, -0.15) is 0 Å². The van der Waals surface area contributed by atoms with Crippen LogP contribution in [-0.4, -0.2) is 68.5 Å². The molecule has 2 heterocycles. The summed E-state index contributed by atoms with van der Waals surface area (Å²) in [6.45, 7) is 7.58. The van der Waals surface area contributed by atoms with Crippen molar-refractivity contribution in [2.24, 2.45) is 5.92 Å². The van der Waals surface area contributed by atoms with E-state index in [1.54, 1.807) is 12.1 Å². The molecule has 2 aromatic rings. The molecule has 2 fully saturated rings. The smallest absolute Gasteiger partial charge is 0.335 e. The molecule has 4 rings (SSSR count). The summed E-state index contributed by atoms with van der Waals surface area (Å²) in [5, 5.41) is 9.05. The van der Waals surface area contributed by atoms with Gasteiger partial charge >= 0.3 is 5.97 Å². The first-order valence-corrected chi connectivity index (χ1v) is 11.3. The Kier molecular flexibility index (Phi) is 9.21. The van der Waals surface area contributed by atoms with E-state index < -0.39 is 5.97 Å². The number of benzene rings is 2. The first-order valence-electron chi connectivity index (χ1n) is 11.3. The number of hydrogen-bond donors (Lipinski definition) is 1. The number of ether oxygens (including phenoxy) is 2. The van der Waals surface area contributed by atoms with Crippen LogP contribution in [0.1, 0.15) is 28.8 Å². The number of hydrogen-bond acceptors (Lipinski definition) is 5. The van der Waals surface area contributed by atoms with Crippen LogP contribution >= 0.6 is 12.4 Å². The lowest BCUT2D eigenvalue weighted by Gasteiger charge is -2.26. The van der Waals surface area contributed by atoms with Crippen molar-refractivity contribution in [2.75, 3.05) is 57.4 Å². The van der Waals surface area contributed by atoms with Gasteiger partial charge in [-0.1, -0.05) is 12.1 Å². The Labute approximate surface area is 196 Å². The third-order valence-electron chi connectivity index (χ3n) is 6.20. The summed E-state index contributed by atoms with van der Waals surface area (Å²) >= 11 is 0. The van der Waals surface area contributed by atoms with Gasteiger partial charge in [0, 0.05) is 38.4 Å². The van der Waals surface area contributed by atoms with E-state index in [0.717, 1.165) is 83.2 Å². The highest BCUT2D eigenvalue weighted by molar-refractivity contribution is 5.88. The van der Waals surface area contributed by atoms with Gasteiger partial charge in [0.1, 0.15) is 5.75 Å². The highest BCUT2D eigenvalue weighted by atomic mass is 35.5. The predicted octanol–water partition coefficient (Wildman–Crippen LogP) is 3.98. The first kappa shape index (κ1) is 24.4. The lowest BCUT2D eigenvalue weighted by molar-refractivity contribution is 0.0358. The Bertz CT molecular complexity index is 838. The molecule has 2 aliphatic heterocycles. The third kappa shape index (κ3) is 6.86. The van der Waals surface area contributed by atoms with Crippen molar-refractivity contribution in [2.45, 2.75) is 19.3 Å². The molecule has 2 aliphatic rings. The van der Waals surface area contributed by atoms with Crippen molar-refractivity contribution >= 4 is 24.1 Å². The van der Waals surface area contributed by atoms with E-state index in [-0.39, 0.29) is 12.4 Å². The highest BCUT2D eigenvalue weighted by Crippen LogP contribution is 2.27. The van der Waals surface area contributed by atoms with Gasteiger partial charge in [0.05, 0.1) is 25.4 Å². The molecule has 7 heteroatoms. The number of aromatic carboxylic acids is 1. The van der Waals surface area contributed by atoms with Gasteiger partial charge in [0.15, 0.2) is 0 Å². The Morgan fingerprint density at radius 1 is 1.03 bits per heavy atom. The molecule has 1 N–H and O–H groups in total. The zero-order valence-electron chi connectivity index (χ0n) is 18.4. The van der Waals surface area contributed by atoms with Gasteiger partial charge in [0.25, 0.3) is 0 Å². The average Bonchev–Trinajstić information content (AvgIpc) is 3.27. The van der Waals surface area contributed by atoms with Crippen LogP contribution in [-0.2, 0) is 11.2 Å². The van der Waals surface area contributed by atoms with Crippen molar-refractivity contribution in [1.29, 1.82) is 0 Å². The molecule has 0 bridgehead atoms. The van der Waals surface area contributed by atoms with Gasteiger partial charge in [-0.15, -0.1) is 12.4 Å². The number of carbonyl (C=O) groups is 1. The fourth-order valence-corrected chi connectivity index (χ4v) is 4.41. The number of carboxylic acids is 1. The molecular weight excluding hydrogens is 428 g/mol. The van der Waals surface area contributed by atoms with Crippen molar-refractivity contribution in [3.63, 3.8) is 0 Å². The normalized spacial score (nSPS) is 18.9. The topological polar surface area (TPSA) is 62.2 Å². The van der Waals surface area contributed by atoms with E-state index >= 15 is 0 Å². The fourth-order valence-electron chi connectivity index (χ4n) is 4.41. The second-order valence-electron chi connectivity index (χ2n) is 8.46. The molecule has 0 radical (unpaired) electrons. The van der Waals surface area contributed by atoms with Crippen molar-refractivity contribution in [3.05, 3.63) is 59.7 Å². The SMILES string of the molecule is Cl.O=C(O)c1ccc(N2CCC(Cc3ccc(OCCCN4CCOCC4)cc3)C2)cc1. The summed E-state index contributed by atoms with van der Waals surface area (Å²) in [6.07, 6.45) is 3.24. The van der Waals surface area contributed by atoms with Crippen LogP contribution in [0.4, 0.5) is 5.69 Å². The van der Waals surface area contributed by atoms with Gasteiger partial charge in [0.2, 0.25) is 0 Å². The lowest BCUT2D eigenvalue weighted by Crippen LogP contribution is -2.37. The molecule has 32 heavy (non-hydrogen) atoms. The maximum atomic E-state index is 11.0. The number of morpholine rings is 1. The minimum atomic E-state index is -0.879. The Balaban J connectivity index is 0.00000289. The van der Waals surface area contributed by atoms with Crippen LogP contribution in [0.25, 0.3) is 0 Å². The fraction of sp³-hybridized carbons (Fsp3) is 0.480. The minimum Gasteiger partial charge on any atom is -0.494 e. The molecule has 1 atom stereocenters. The summed E-state index contributed by atoms with van der Waals surface area (Å²) in [4.78, 5) is 15.8. The number of nitrogens with zero attached hydrogens (tertiary/aromatic N) is 2. The van der Waals surface area contributed by atoms with Crippen LogP contribution in [0.2, 0.25) is 0 Å². The van der Waals surface area contributed by atoms with E-state index in [1.165, 1.54) is 5.56 Å². The molecule has 0 amide bonds. The number of carboxylic acid groups (broad SMARTS) is 1. The molecule has 0 aliphatic carbocycles. The summed E-state index contributed by atoms with van der Waals surface area (Å²) in [7, 11) is 0. The maximum Gasteiger partial charge on any atom is 0.335 e. The largest absolute Gasteiger partial charge is 0.494 e. The molecule has 0 aromatic heterocycles. The monoisotopic (exact) mass is 460 g/mol. The zero-order valence-corrected chi connectivity index (χ0v) is 19.3. The molecule has 6 nitrogen and oxygen atoms in total. The van der Waals surface area contributed by atoms with Gasteiger partial charge in [-0.3, -0.25) is 4.90 Å². The minimum absolute atomic E-state index is 0. The molecule has 0 saturated carbocycles. The highest BCUT2D eigenvalue weighted by Gasteiger charge is 2.23. The van der Waals surface area contributed by atoms with Gasteiger partial charge < -0.3 is 19.5 Å². The van der Waals surface area contributed by atoms with Crippen molar-refractivity contribution in [3.8, 4) is 5.75 Å². The Morgan fingerprint density at radius 3 is 2.44 bits per heavy atom. The zero-order chi connectivity index (χ0) is 21.5. The van der Waals surface area contributed by atoms with Crippen LogP contribution in [0, 0.1) is 5.92 Å². The third-order valence-corrected chi connectivity index (χ3v) is 6.20. The summed E-state index contributed by atoms with van der Waals surface area (Å²) in [6, 6.07) is 15.7. The summed E-state index contributed by atoms with van der Waals surface area (Å²) in [5.74, 6) is 0.673. The number of rotatable bonds is 9. The lowest BCUT2D eigenvalue weighted by atomic mass is 9.99. The maximum absolute atomic E-state index is 11.0. The van der Waals surface area contributed by atoms with Gasteiger partial charge in [-0.05, 0) is 67.1 Å². The van der Waals surface area contributed by atoms with E-state index in [9.17, 15) is 4.79 Å². The molecular formula is C25H33ClN2O4. The molecule has 174 valence electrons. The van der Waals surface area contributed by atoms with Crippen LogP contribution in [0.5, 0.6) is 5.75 Å². The van der Waals surface area contributed by atoms with Gasteiger partial charge in [-0.25, -0.2) is 4.79 Å². The molecule has 2 saturated heterocycles. The Morgan fingerprint density at radius 2 is 1.75 bits per heavy atom. The van der Waals surface area contributed by atoms with E-state index in [1.807, 2.05) is 12.1 Å². The first-order chi connectivity index (χ1) is 15.2. The number of halogens is 1. The van der Waals surface area contributed by atoms with Crippen LogP contribution in [0.3, 0.4) is 0 Å². The van der Waals surface area contributed by atoms with Crippen molar-refractivity contribution in [1.82, 2.24) is 4.90 Å². The van der Waals surface area contributed by atoms with E-state index in [4.69, 9.17) is 14.6 Å². The van der Waals surface area contributed by atoms with Crippen LogP contribution in [0.15, 0.2) is 48.5 Å². The molecule has 1 unspecified atom stereocenters. The van der Waals surface area contributed by atoms with E-state index in [0.29, 0.717) is 11.5 Å². The average molecular weight is 461 g/mol. The second-order valence-corrected chi connectivity index (χ2v) is 8.46. The Hall–Kier alpha value is -2.28. The van der Waals surface area contributed by atoms with Crippen LogP contribution < -0.4 is 9.64 Å². The number of anilines is 1. The summed E-state index contributed by atoms with van der Waals surface area (Å²) in [5.41, 5.74) is 2.78. The molecule has 2 aromatic carbocycles. The molecule has 0 spiro atoms. The summed E-state index contributed by atoms with van der Waals surface area (Å²) < 4.78 is 11.3. The predicted molar refractivity (Wildman–Crippen MR) is 128 cm³/mol.